The monoisotopic (exact) mass is 277 g/mol. The summed E-state index contributed by atoms with van der Waals surface area (Å²) >= 11 is 0. The van der Waals surface area contributed by atoms with Crippen LogP contribution in [-0.2, 0) is 17.4 Å². The maximum atomic E-state index is 11.3. The summed E-state index contributed by atoms with van der Waals surface area (Å²) in [4.78, 5) is 0. The lowest BCUT2D eigenvalue weighted by Gasteiger charge is -2.44. The molecule has 0 heterocycles. The fraction of sp³-hybridized carbons (Fsp3) is 0.316. The van der Waals surface area contributed by atoms with E-state index in [0.29, 0.717) is 6.42 Å². The van der Waals surface area contributed by atoms with Crippen molar-refractivity contribution in [3.05, 3.63) is 71.3 Å². The molecule has 0 amide bonds. The third-order valence-corrected chi connectivity index (χ3v) is 4.83. The average Bonchev–Trinajstić information content (AvgIpc) is 2.55. The van der Waals surface area contributed by atoms with E-state index >= 15 is 0 Å². The van der Waals surface area contributed by atoms with Gasteiger partial charge < -0.3 is 5.11 Å². The first-order chi connectivity index (χ1) is 10.1. The normalized spacial score (nSPS) is 23.7. The second-order valence-electron chi connectivity index (χ2n) is 5.97. The molecule has 0 saturated heterocycles. The minimum atomic E-state index is -1.21. The molecule has 0 saturated carbocycles. The highest BCUT2D eigenvalue weighted by molar-refractivity contribution is 5.47. The summed E-state index contributed by atoms with van der Waals surface area (Å²) in [5.74, 6) is 0. The van der Waals surface area contributed by atoms with Crippen molar-refractivity contribution >= 4 is 0 Å². The molecule has 1 N–H and O–H groups in total. The minimum Gasteiger partial charge on any atom is -0.383 e. The van der Waals surface area contributed by atoms with Gasteiger partial charge in [0.2, 0.25) is 0 Å². The van der Waals surface area contributed by atoms with E-state index in [9.17, 15) is 10.4 Å². The number of nitriles is 1. The fourth-order valence-electron chi connectivity index (χ4n) is 3.57. The van der Waals surface area contributed by atoms with Gasteiger partial charge in [0.05, 0.1) is 6.07 Å². The molecular formula is C19H19NO. The molecule has 2 nitrogen and oxygen atoms in total. The van der Waals surface area contributed by atoms with Crippen LogP contribution in [0.2, 0.25) is 0 Å². The number of hydrogen-bond donors (Lipinski definition) is 1. The van der Waals surface area contributed by atoms with Gasteiger partial charge in [-0.2, -0.15) is 5.26 Å². The molecule has 106 valence electrons. The Bertz CT molecular complexity index is 684. The van der Waals surface area contributed by atoms with E-state index in [1.807, 2.05) is 48.5 Å². The van der Waals surface area contributed by atoms with Crippen molar-refractivity contribution in [3.63, 3.8) is 0 Å². The van der Waals surface area contributed by atoms with Crippen LogP contribution in [0.15, 0.2) is 54.6 Å². The van der Waals surface area contributed by atoms with Crippen LogP contribution in [0.25, 0.3) is 0 Å². The lowest BCUT2D eigenvalue weighted by molar-refractivity contribution is -0.0119. The second-order valence-corrected chi connectivity index (χ2v) is 5.97. The molecule has 21 heavy (non-hydrogen) atoms. The SMILES string of the molecule is CC(O)(c1ccccc1)C1(C#N)CCCc2ccccc21. The van der Waals surface area contributed by atoms with Gasteiger partial charge in [-0.3, -0.25) is 0 Å². The van der Waals surface area contributed by atoms with E-state index < -0.39 is 11.0 Å². The molecule has 2 aromatic carbocycles. The molecule has 3 rings (SSSR count). The van der Waals surface area contributed by atoms with Crippen LogP contribution in [0.1, 0.15) is 36.5 Å². The van der Waals surface area contributed by atoms with E-state index in [4.69, 9.17) is 0 Å². The highest BCUT2D eigenvalue weighted by Crippen LogP contribution is 2.49. The van der Waals surface area contributed by atoms with Crippen molar-refractivity contribution in [2.45, 2.75) is 37.2 Å². The third-order valence-electron chi connectivity index (χ3n) is 4.83. The molecule has 0 aromatic heterocycles. The zero-order chi connectivity index (χ0) is 14.9. The summed E-state index contributed by atoms with van der Waals surface area (Å²) in [5.41, 5.74) is 0.861. The number of rotatable bonds is 2. The standard InChI is InChI=1S/C19H19NO/c1-18(21,16-10-3-2-4-11-16)19(14-20)13-7-9-15-8-5-6-12-17(15)19/h2-6,8,10-12,21H,7,9,13H2,1H3. The third kappa shape index (κ3) is 1.97. The predicted octanol–water partition coefficient (Wildman–Crippen LogP) is 3.69. The summed E-state index contributed by atoms with van der Waals surface area (Å²) in [6, 6.07) is 20.0. The summed E-state index contributed by atoms with van der Waals surface area (Å²) in [6.07, 6.45) is 2.58. The van der Waals surface area contributed by atoms with E-state index in [-0.39, 0.29) is 0 Å². The molecule has 0 fully saturated rings. The van der Waals surface area contributed by atoms with Crippen LogP contribution in [0.5, 0.6) is 0 Å². The van der Waals surface area contributed by atoms with Crippen LogP contribution in [0.4, 0.5) is 0 Å². The fourth-order valence-corrected chi connectivity index (χ4v) is 3.57. The molecule has 1 aliphatic carbocycles. The Balaban J connectivity index is 2.21. The molecule has 0 bridgehead atoms. The molecule has 2 aromatic rings. The maximum Gasteiger partial charge on any atom is 0.115 e. The lowest BCUT2D eigenvalue weighted by Crippen LogP contribution is -2.48. The van der Waals surface area contributed by atoms with Gasteiger partial charge in [-0.1, -0.05) is 54.6 Å². The molecular weight excluding hydrogens is 258 g/mol. The number of aliphatic hydroxyl groups is 1. The van der Waals surface area contributed by atoms with Gasteiger partial charge in [0.1, 0.15) is 11.0 Å². The Morgan fingerprint density at radius 1 is 1.10 bits per heavy atom. The van der Waals surface area contributed by atoms with Gasteiger partial charge in [0.25, 0.3) is 0 Å². The van der Waals surface area contributed by atoms with Gasteiger partial charge >= 0.3 is 0 Å². The molecule has 0 radical (unpaired) electrons. The highest BCUT2D eigenvalue weighted by atomic mass is 16.3. The topological polar surface area (TPSA) is 44.0 Å². The van der Waals surface area contributed by atoms with Gasteiger partial charge in [0.15, 0.2) is 0 Å². The predicted molar refractivity (Wildman–Crippen MR) is 82.7 cm³/mol. The number of hydrogen-bond acceptors (Lipinski definition) is 2. The van der Waals surface area contributed by atoms with Gasteiger partial charge in [-0.15, -0.1) is 0 Å². The lowest BCUT2D eigenvalue weighted by atomic mass is 9.60. The van der Waals surface area contributed by atoms with Crippen molar-refractivity contribution < 1.29 is 5.11 Å². The first-order valence-corrected chi connectivity index (χ1v) is 7.39. The molecule has 0 spiro atoms. The second kappa shape index (κ2) is 5.02. The quantitative estimate of drug-likeness (QED) is 0.909. The smallest absolute Gasteiger partial charge is 0.115 e. The maximum absolute atomic E-state index is 11.3. The van der Waals surface area contributed by atoms with Crippen LogP contribution in [0.3, 0.4) is 0 Å². The highest BCUT2D eigenvalue weighted by Gasteiger charge is 2.51. The Kier molecular flexibility index (Phi) is 3.31. The first-order valence-electron chi connectivity index (χ1n) is 7.39. The summed E-state index contributed by atoms with van der Waals surface area (Å²) in [5, 5.41) is 21.3. The Morgan fingerprint density at radius 3 is 2.48 bits per heavy atom. The van der Waals surface area contributed by atoms with E-state index in [0.717, 1.165) is 24.0 Å². The van der Waals surface area contributed by atoms with Gasteiger partial charge in [-0.05, 0) is 42.9 Å². The molecule has 2 unspecified atom stereocenters. The largest absolute Gasteiger partial charge is 0.383 e. The van der Waals surface area contributed by atoms with Crippen molar-refractivity contribution in [2.75, 3.05) is 0 Å². The van der Waals surface area contributed by atoms with E-state index in [1.54, 1.807) is 6.92 Å². The van der Waals surface area contributed by atoms with E-state index in [2.05, 4.69) is 12.1 Å². The molecule has 2 atom stereocenters. The van der Waals surface area contributed by atoms with Crippen LogP contribution >= 0.6 is 0 Å². The molecule has 0 aliphatic heterocycles. The molecule has 1 aliphatic rings. The van der Waals surface area contributed by atoms with Gasteiger partial charge in [-0.25, -0.2) is 0 Å². The Labute approximate surface area is 125 Å². The van der Waals surface area contributed by atoms with Crippen LogP contribution in [0, 0.1) is 11.3 Å². The van der Waals surface area contributed by atoms with Crippen molar-refractivity contribution in [1.82, 2.24) is 0 Å². The minimum absolute atomic E-state index is 0.683. The number of fused-ring (bicyclic) bond motifs is 1. The number of benzene rings is 2. The van der Waals surface area contributed by atoms with Crippen molar-refractivity contribution in [2.24, 2.45) is 0 Å². The Hall–Kier alpha value is -2.11. The number of aryl methyl sites for hydroxylation is 1. The van der Waals surface area contributed by atoms with E-state index in [1.165, 1.54) is 5.56 Å². The number of nitrogens with zero attached hydrogens (tertiary/aromatic N) is 1. The average molecular weight is 277 g/mol. The van der Waals surface area contributed by atoms with Gasteiger partial charge in [0, 0.05) is 0 Å². The van der Waals surface area contributed by atoms with Crippen LogP contribution in [-0.4, -0.2) is 5.11 Å². The summed E-state index contributed by atoms with van der Waals surface area (Å²) in [6.45, 7) is 1.77. The van der Waals surface area contributed by atoms with Crippen molar-refractivity contribution in [3.8, 4) is 6.07 Å². The zero-order valence-electron chi connectivity index (χ0n) is 12.2. The zero-order valence-corrected chi connectivity index (χ0v) is 12.2. The first kappa shape index (κ1) is 13.9. The summed E-state index contributed by atoms with van der Waals surface area (Å²) in [7, 11) is 0. The van der Waals surface area contributed by atoms with Crippen molar-refractivity contribution in [1.29, 1.82) is 5.26 Å². The Morgan fingerprint density at radius 2 is 1.76 bits per heavy atom. The molecule has 2 heteroatoms. The van der Waals surface area contributed by atoms with Crippen LogP contribution < -0.4 is 0 Å². The summed E-state index contributed by atoms with van der Waals surface area (Å²) < 4.78 is 0.